The second-order valence-corrected chi connectivity index (χ2v) is 5.05. The van der Waals surface area contributed by atoms with Gasteiger partial charge in [-0.15, -0.1) is 0 Å². The van der Waals surface area contributed by atoms with Gasteiger partial charge in [0, 0.05) is 32.4 Å². The molecule has 0 amide bonds. The molecule has 1 aliphatic heterocycles. The van der Waals surface area contributed by atoms with E-state index in [2.05, 4.69) is 19.9 Å². The summed E-state index contributed by atoms with van der Waals surface area (Å²) in [5.74, 6) is 2.08. The van der Waals surface area contributed by atoms with E-state index in [1.54, 1.807) is 19.3 Å². The van der Waals surface area contributed by atoms with Crippen molar-refractivity contribution in [1.29, 1.82) is 0 Å². The van der Waals surface area contributed by atoms with Crippen molar-refractivity contribution in [1.82, 2.24) is 9.97 Å². The number of furan rings is 1. The third-order valence-electron chi connectivity index (χ3n) is 3.46. The highest BCUT2D eigenvalue weighted by molar-refractivity contribution is 5.89. The number of anilines is 1. The SMILES string of the molecule is CN=CC=C(N)c1cc2nc(C)nc(N3CCOCC3)c2o1. The van der Waals surface area contributed by atoms with Crippen molar-refractivity contribution < 1.29 is 9.15 Å². The van der Waals surface area contributed by atoms with Crippen LogP contribution in [0.25, 0.3) is 16.8 Å². The molecule has 1 saturated heterocycles. The molecule has 0 unspecified atom stereocenters. The van der Waals surface area contributed by atoms with Crippen molar-refractivity contribution in [3.8, 4) is 0 Å². The molecule has 0 atom stereocenters. The van der Waals surface area contributed by atoms with E-state index in [0.717, 1.165) is 24.4 Å². The average molecular weight is 301 g/mol. The van der Waals surface area contributed by atoms with Gasteiger partial charge in [-0.3, -0.25) is 4.99 Å². The van der Waals surface area contributed by atoms with Crippen LogP contribution in [-0.4, -0.2) is 49.5 Å². The number of aliphatic imine (C=N–C) groups is 1. The van der Waals surface area contributed by atoms with E-state index in [0.29, 0.717) is 36.1 Å². The zero-order valence-corrected chi connectivity index (χ0v) is 12.7. The minimum Gasteiger partial charge on any atom is -0.449 e. The first-order valence-electron chi connectivity index (χ1n) is 7.18. The van der Waals surface area contributed by atoms with Gasteiger partial charge in [0.2, 0.25) is 0 Å². The van der Waals surface area contributed by atoms with E-state index in [1.807, 2.05) is 13.0 Å². The van der Waals surface area contributed by atoms with Gasteiger partial charge in [-0.1, -0.05) is 0 Å². The monoisotopic (exact) mass is 301 g/mol. The summed E-state index contributed by atoms with van der Waals surface area (Å²) >= 11 is 0. The maximum Gasteiger partial charge on any atom is 0.195 e. The van der Waals surface area contributed by atoms with E-state index < -0.39 is 0 Å². The highest BCUT2D eigenvalue weighted by Gasteiger charge is 2.20. The van der Waals surface area contributed by atoms with Crippen LogP contribution in [0.3, 0.4) is 0 Å². The third-order valence-corrected chi connectivity index (χ3v) is 3.46. The number of hydrogen-bond acceptors (Lipinski definition) is 7. The number of nitrogens with two attached hydrogens (primary N) is 1. The summed E-state index contributed by atoms with van der Waals surface area (Å²) in [6.07, 6.45) is 3.33. The van der Waals surface area contributed by atoms with Gasteiger partial charge in [0.05, 0.1) is 18.9 Å². The molecular formula is C15H19N5O2. The number of aromatic nitrogens is 2. The lowest BCUT2D eigenvalue weighted by Gasteiger charge is -2.27. The molecule has 2 aromatic rings. The summed E-state index contributed by atoms with van der Waals surface area (Å²) in [6.45, 7) is 4.82. The molecule has 2 N–H and O–H groups in total. The number of hydrogen-bond donors (Lipinski definition) is 1. The lowest BCUT2D eigenvalue weighted by molar-refractivity contribution is 0.122. The van der Waals surface area contributed by atoms with Gasteiger partial charge in [0.15, 0.2) is 17.2 Å². The Morgan fingerprint density at radius 1 is 1.36 bits per heavy atom. The molecule has 7 heteroatoms. The fourth-order valence-electron chi connectivity index (χ4n) is 2.40. The first-order valence-corrected chi connectivity index (χ1v) is 7.18. The Balaban J connectivity index is 2.06. The Kier molecular flexibility index (Phi) is 4.06. The molecule has 3 heterocycles. The number of fused-ring (bicyclic) bond motifs is 1. The zero-order chi connectivity index (χ0) is 15.5. The van der Waals surface area contributed by atoms with Crippen LogP contribution in [0, 0.1) is 6.92 Å². The largest absolute Gasteiger partial charge is 0.449 e. The summed E-state index contributed by atoms with van der Waals surface area (Å²) in [7, 11) is 1.69. The van der Waals surface area contributed by atoms with Crippen LogP contribution >= 0.6 is 0 Å². The molecule has 3 rings (SSSR count). The van der Waals surface area contributed by atoms with Crippen LogP contribution in [-0.2, 0) is 4.74 Å². The number of ether oxygens (including phenoxy) is 1. The average Bonchev–Trinajstić information content (AvgIpc) is 2.96. The van der Waals surface area contributed by atoms with Crippen molar-refractivity contribution in [2.45, 2.75) is 6.92 Å². The van der Waals surface area contributed by atoms with Gasteiger partial charge < -0.3 is 19.8 Å². The molecule has 0 radical (unpaired) electrons. The third kappa shape index (κ3) is 2.80. The fourth-order valence-corrected chi connectivity index (χ4v) is 2.40. The Hall–Kier alpha value is -2.41. The molecule has 0 spiro atoms. The lowest BCUT2D eigenvalue weighted by atomic mass is 10.3. The maximum atomic E-state index is 6.01. The number of rotatable bonds is 3. The molecule has 0 bridgehead atoms. The van der Waals surface area contributed by atoms with Gasteiger partial charge in [-0.05, 0) is 13.0 Å². The van der Waals surface area contributed by atoms with Crippen molar-refractivity contribution in [2.75, 3.05) is 38.3 Å². The van der Waals surface area contributed by atoms with Crippen LogP contribution in [0.5, 0.6) is 0 Å². The molecule has 0 saturated carbocycles. The van der Waals surface area contributed by atoms with Gasteiger partial charge >= 0.3 is 0 Å². The molecule has 116 valence electrons. The minimum absolute atomic E-state index is 0.509. The Bertz CT molecular complexity index is 729. The Morgan fingerprint density at radius 3 is 2.86 bits per heavy atom. The smallest absolute Gasteiger partial charge is 0.195 e. The first kappa shape index (κ1) is 14.5. The van der Waals surface area contributed by atoms with E-state index in [9.17, 15) is 0 Å². The van der Waals surface area contributed by atoms with Crippen LogP contribution in [0.15, 0.2) is 21.6 Å². The molecule has 7 nitrogen and oxygen atoms in total. The highest BCUT2D eigenvalue weighted by atomic mass is 16.5. The van der Waals surface area contributed by atoms with Gasteiger partial charge in [0.25, 0.3) is 0 Å². The fraction of sp³-hybridized carbons (Fsp3) is 0.400. The molecular weight excluding hydrogens is 282 g/mol. The van der Waals surface area contributed by atoms with Crippen LogP contribution in [0.1, 0.15) is 11.6 Å². The van der Waals surface area contributed by atoms with Crippen LogP contribution in [0.2, 0.25) is 0 Å². The number of nitrogens with zero attached hydrogens (tertiary/aromatic N) is 4. The quantitative estimate of drug-likeness (QED) is 0.861. The standard InChI is InChI=1S/C15H19N5O2/c1-10-18-12-9-13(11(16)3-4-17-2)22-14(12)15(19-10)20-5-7-21-8-6-20/h3-4,9H,5-8,16H2,1-2H3. The summed E-state index contributed by atoms with van der Waals surface area (Å²) in [4.78, 5) is 15.0. The minimum atomic E-state index is 0.509. The van der Waals surface area contributed by atoms with Crippen molar-refractivity contribution in [3.63, 3.8) is 0 Å². The number of allylic oxidation sites excluding steroid dienone is 1. The van der Waals surface area contributed by atoms with E-state index >= 15 is 0 Å². The van der Waals surface area contributed by atoms with E-state index in [1.165, 1.54) is 0 Å². The molecule has 0 aliphatic carbocycles. The number of aryl methyl sites for hydroxylation is 1. The van der Waals surface area contributed by atoms with E-state index in [4.69, 9.17) is 14.9 Å². The van der Waals surface area contributed by atoms with Crippen molar-refractivity contribution in [2.24, 2.45) is 10.7 Å². The predicted molar refractivity (Wildman–Crippen MR) is 86.2 cm³/mol. The maximum absolute atomic E-state index is 6.01. The molecule has 1 aliphatic rings. The summed E-state index contributed by atoms with van der Waals surface area (Å²) in [5, 5.41) is 0. The summed E-state index contributed by atoms with van der Waals surface area (Å²) in [5.41, 5.74) is 7.93. The second kappa shape index (κ2) is 6.15. The molecule has 1 fully saturated rings. The summed E-state index contributed by atoms with van der Waals surface area (Å²) < 4.78 is 11.3. The van der Waals surface area contributed by atoms with Crippen LogP contribution in [0.4, 0.5) is 5.82 Å². The van der Waals surface area contributed by atoms with Crippen molar-refractivity contribution in [3.05, 3.63) is 23.7 Å². The first-order chi connectivity index (χ1) is 10.7. The Labute approximate surface area is 128 Å². The normalized spacial score (nSPS) is 16.8. The molecule has 2 aromatic heterocycles. The van der Waals surface area contributed by atoms with Gasteiger partial charge in [-0.25, -0.2) is 9.97 Å². The van der Waals surface area contributed by atoms with E-state index in [-0.39, 0.29) is 0 Å². The Morgan fingerprint density at radius 2 is 2.14 bits per heavy atom. The second-order valence-electron chi connectivity index (χ2n) is 5.05. The van der Waals surface area contributed by atoms with Gasteiger partial charge in [0.1, 0.15) is 11.3 Å². The number of morpholine rings is 1. The molecule has 0 aromatic carbocycles. The molecule has 22 heavy (non-hydrogen) atoms. The van der Waals surface area contributed by atoms with Crippen LogP contribution < -0.4 is 10.6 Å². The predicted octanol–water partition coefficient (Wildman–Crippen LogP) is 1.37. The lowest BCUT2D eigenvalue weighted by Crippen LogP contribution is -2.37. The topological polar surface area (TPSA) is 89.8 Å². The van der Waals surface area contributed by atoms with Crippen molar-refractivity contribution >= 4 is 28.8 Å². The van der Waals surface area contributed by atoms with Gasteiger partial charge in [-0.2, -0.15) is 0 Å². The summed E-state index contributed by atoms with van der Waals surface area (Å²) in [6, 6.07) is 1.84. The highest BCUT2D eigenvalue weighted by Crippen LogP contribution is 2.29. The zero-order valence-electron chi connectivity index (χ0n) is 12.7.